The summed E-state index contributed by atoms with van der Waals surface area (Å²) in [5, 5.41) is 3.58. The van der Waals surface area contributed by atoms with Crippen LogP contribution in [0.3, 0.4) is 0 Å². The van der Waals surface area contributed by atoms with Crippen molar-refractivity contribution in [3.63, 3.8) is 0 Å². The number of nitrogens with zero attached hydrogens (tertiary/aromatic N) is 1. The van der Waals surface area contributed by atoms with Crippen LogP contribution in [0.1, 0.15) is 52.9 Å². The molecule has 1 heterocycles. The van der Waals surface area contributed by atoms with Crippen LogP contribution in [0.4, 0.5) is 0 Å². The molecule has 3 rings (SSSR count). The van der Waals surface area contributed by atoms with Crippen molar-refractivity contribution in [3.05, 3.63) is 0 Å². The Kier molecular flexibility index (Phi) is 3.85. The molecular formula is C17H28N2O2. The second-order valence-electron chi connectivity index (χ2n) is 7.67. The van der Waals surface area contributed by atoms with Gasteiger partial charge in [-0.2, -0.15) is 0 Å². The lowest BCUT2D eigenvalue weighted by Crippen LogP contribution is -2.49. The molecule has 0 aromatic heterocycles. The topological polar surface area (TPSA) is 49.4 Å². The van der Waals surface area contributed by atoms with E-state index in [0.717, 1.165) is 13.0 Å². The van der Waals surface area contributed by atoms with Gasteiger partial charge in [-0.1, -0.05) is 33.6 Å². The van der Waals surface area contributed by atoms with E-state index in [-0.39, 0.29) is 29.1 Å². The van der Waals surface area contributed by atoms with E-state index in [2.05, 4.69) is 12.2 Å². The lowest BCUT2D eigenvalue weighted by Gasteiger charge is -2.30. The molecule has 3 fully saturated rings. The van der Waals surface area contributed by atoms with Gasteiger partial charge in [-0.25, -0.2) is 0 Å². The molecule has 0 bridgehead atoms. The molecule has 0 aromatic rings. The third-order valence-electron chi connectivity index (χ3n) is 5.90. The highest BCUT2D eigenvalue weighted by molar-refractivity contribution is 6.10. The SMILES string of the molecule is CCCNC(CN1C(=O)C2C(C1=O)C2(C)C)C1CCCC1. The molecule has 0 spiro atoms. The fourth-order valence-corrected chi connectivity index (χ4v) is 4.45. The maximum atomic E-state index is 12.5. The van der Waals surface area contributed by atoms with Crippen LogP contribution in [-0.2, 0) is 9.59 Å². The van der Waals surface area contributed by atoms with Crippen LogP contribution >= 0.6 is 0 Å². The van der Waals surface area contributed by atoms with E-state index >= 15 is 0 Å². The number of fused-ring (bicyclic) bond motifs is 1. The van der Waals surface area contributed by atoms with E-state index in [1.54, 1.807) is 4.90 Å². The molecule has 1 N–H and O–H groups in total. The maximum Gasteiger partial charge on any atom is 0.233 e. The van der Waals surface area contributed by atoms with Crippen LogP contribution < -0.4 is 5.32 Å². The van der Waals surface area contributed by atoms with Crippen molar-refractivity contribution in [1.82, 2.24) is 10.2 Å². The Morgan fingerprint density at radius 1 is 1.19 bits per heavy atom. The summed E-state index contributed by atoms with van der Waals surface area (Å²) >= 11 is 0. The number of amides is 2. The average molecular weight is 292 g/mol. The highest BCUT2D eigenvalue weighted by atomic mass is 16.2. The monoisotopic (exact) mass is 292 g/mol. The molecule has 118 valence electrons. The molecule has 4 nitrogen and oxygen atoms in total. The fraction of sp³-hybridized carbons (Fsp3) is 0.882. The van der Waals surface area contributed by atoms with Crippen LogP contribution in [0, 0.1) is 23.2 Å². The van der Waals surface area contributed by atoms with Gasteiger partial charge in [0, 0.05) is 12.6 Å². The van der Waals surface area contributed by atoms with Crippen LogP contribution in [0.25, 0.3) is 0 Å². The summed E-state index contributed by atoms with van der Waals surface area (Å²) in [6, 6.07) is 0.293. The summed E-state index contributed by atoms with van der Waals surface area (Å²) < 4.78 is 0. The van der Waals surface area contributed by atoms with Gasteiger partial charge in [-0.15, -0.1) is 0 Å². The van der Waals surface area contributed by atoms with E-state index in [1.807, 2.05) is 13.8 Å². The second-order valence-corrected chi connectivity index (χ2v) is 7.67. The minimum absolute atomic E-state index is 0.0413. The van der Waals surface area contributed by atoms with Crippen molar-refractivity contribution >= 4 is 11.8 Å². The average Bonchev–Trinajstić information content (AvgIpc) is 2.82. The molecule has 3 aliphatic rings. The van der Waals surface area contributed by atoms with Gasteiger partial charge >= 0.3 is 0 Å². The number of carbonyl (C=O) groups excluding carboxylic acids is 2. The van der Waals surface area contributed by atoms with Crippen LogP contribution in [0.2, 0.25) is 0 Å². The summed E-state index contributed by atoms with van der Waals surface area (Å²) in [6.07, 6.45) is 6.12. The molecule has 0 radical (unpaired) electrons. The Morgan fingerprint density at radius 2 is 1.76 bits per heavy atom. The van der Waals surface area contributed by atoms with Crippen molar-refractivity contribution in [2.75, 3.05) is 13.1 Å². The van der Waals surface area contributed by atoms with Gasteiger partial charge in [0.15, 0.2) is 0 Å². The number of likely N-dealkylation sites (tertiary alicyclic amines) is 1. The molecule has 0 aromatic carbocycles. The minimum Gasteiger partial charge on any atom is -0.312 e. The Labute approximate surface area is 127 Å². The third kappa shape index (κ3) is 2.41. The molecule has 2 aliphatic carbocycles. The Balaban J connectivity index is 1.66. The number of hydrogen-bond acceptors (Lipinski definition) is 3. The molecular weight excluding hydrogens is 264 g/mol. The standard InChI is InChI=1S/C17H28N2O2/c1-4-9-18-12(11-7-5-6-8-11)10-19-15(20)13-14(16(19)21)17(13,2)3/h11-14,18H,4-10H2,1-3H3. The van der Waals surface area contributed by atoms with Crippen molar-refractivity contribution in [2.45, 2.75) is 58.9 Å². The van der Waals surface area contributed by atoms with Crippen LogP contribution in [-0.4, -0.2) is 35.8 Å². The lowest BCUT2D eigenvalue weighted by atomic mass is 9.96. The first kappa shape index (κ1) is 15.0. The highest BCUT2D eigenvalue weighted by Crippen LogP contribution is 2.63. The zero-order valence-electron chi connectivity index (χ0n) is 13.5. The Morgan fingerprint density at radius 3 is 2.29 bits per heavy atom. The maximum absolute atomic E-state index is 12.5. The number of carbonyl (C=O) groups is 2. The van der Waals surface area contributed by atoms with Gasteiger partial charge < -0.3 is 5.32 Å². The first-order valence-corrected chi connectivity index (χ1v) is 8.57. The van der Waals surface area contributed by atoms with E-state index in [1.165, 1.54) is 25.7 Å². The van der Waals surface area contributed by atoms with E-state index < -0.39 is 0 Å². The minimum atomic E-state index is -0.0929. The van der Waals surface area contributed by atoms with Gasteiger partial charge in [0.05, 0.1) is 11.8 Å². The number of piperidine rings is 1. The van der Waals surface area contributed by atoms with Crippen LogP contribution in [0.15, 0.2) is 0 Å². The predicted molar refractivity (Wildman–Crippen MR) is 81.5 cm³/mol. The first-order valence-electron chi connectivity index (χ1n) is 8.57. The first-order chi connectivity index (χ1) is 9.98. The molecule has 21 heavy (non-hydrogen) atoms. The second kappa shape index (κ2) is 5.38. The molecule has 1 aliphatic heterocycles. The van der Waals surface area contributed by atoms with Crippen molar-refractivity contribution in [3.8, 4) is 0 Å². The van der Waals surface area contributed by atoms with Gasteiger partial charge in [-0.05, 0) is 37.1 Å². The van der Waals surface area contributed by atoms with Gasteiger partial charge in [0.25, 0.3) is 0 Å². The van der Waals surface area contributed by atoms with Gasteiger partial charge in [0.1, 0.15) is 0 Å². The smallest absolute Gasteiger partial charge is 0.233 e. The third-order valence-corrected chi connectivity index (χ3v) is 5.90. The van der Waals surface area contributed by atoms with Crippen LogP contribution in [0.5, 0.6) is 0 Å². The van der Waals surface area contributed by atoms with Gasteiger partial charge in [0.2, 0.25) is 11.8 Å². The molecule has 2 amide bonds. The number of hydrogen-bond donors (Lipinski definition) is 1. The molecule has 3 unspecified atom stereocenters. The van der Waals surface area contributed by atoms with Crippen molar-refractivity contribution in [1.29, 1.82) is 0 Å². The number of imide groups is 1. The largest absolute Gasteiger partial charge is 0.312 e. The molecule has 4 heteroatoms. The zero-order valence-corrected chi connectivity index (χ0v) is 13.5. The predicted octanol–water partition coefficient (Wildman–Crippen LogP) is 2.19. The summed E-state index contributed by atoms with van der Waals surface area (Å²) in [6.45, 7) is 7.79. The van der Waals surface area contributed by atoms with E-state index in [9.17, 15) is 9.59 Å². The number of rotatable bonds is 6. The Hall–Kier alpha value is -0.900. The molecule has 2 saturated carbocycles. The molecule has 1 saturated heterocycles. The normalized spacial score (nSPS) is 32.6. The number of nitrogens with one attached hydrogen (secondary N) is 1. The highest BCUT2D eigenvalue weighted by Gasteiger charge is 2.72. The summed E-state index contributed by atoms with van der Waals surface area (Å²) in [4.78, 5) is 26.5. The van der Waals surface area contributed by atoms with Crippen molar-refractivity contribution < 1.29 is 9.59 Å². The molecule has 3 atom stereocenters. The van der Waals surface area contributed by atoms with E-state index in [0.29, 0.717) is 18.5 Å². The summed E-state index contributed by atoms with van der Waals surface area (Å²) in [5.74, 6) is 0.704. The summed E-state index contributed by atoms with van der Waals surface area (Å²) in [7, 11) is 0. The lowest BCUT2D eigenvalue weighted by molar-refractivity contribution is -0.143. The zero-order chi connectivity index (χ0) is 15.2. The quantitative estimate of drug-likeness (QED) is 0.763. The summed E-state index contributed by atoms with van der Waals surface area (Å²) in [5.41, 5.74) is -0.0929. The van der Waals surface area contributed by atoms with Crippen molar-refractivity contribution in [2.24, 2.45) is 23.2 Å². The fourth-order valence-electron chi connectivity index (χ4n) is 4.45. The van der Waals surface area contributed by atoms with E-state index in [4.69, 9.17) is 0 Å². The van der Waals surface area contributed by atoms with Gasteiger partial charge in [-0.3, -0.25) is 14.5 Å². The Bertz CT molecular complexity index is 416.